The Labute approximate surface area is 167 Å². The van der Waals surface area contributed by atoms with E-state index in [1.165, 1.54) is 25.0 Å². The van der Waals surface area contributed by atoms with Crippen molar-refractivity contribution in [2.75, 3.05) is 39.9 Å². The molecule has 142 valence electrons. The van der Waals surface area contributed by atoms with Gasteiger partial charge >= 0.3 is 0 Å². The molecule has 25 heavy (non-hydrogen) atoms. The molecule has 0 saturated carbocycles. The Morgan fingerprint density at radius 1 is 1.32 bits per heavy atom. The predicted octanol–water partition coefficient (Wildman–Crippen LogP) is 2.61. The van der Waals surface area contributed by atoms with Gasteiger partial charge in [0, 0.05) is 32.8 Å². The van der Waals surface area contributed by atoms with Crippen molar-refractivity contribution in [3.8, 4) is 0 Å². The van der Waals surface area contributed by atoms with Crippen molar-refractivity contribution in [2.45, 2.75) is 32.4 Å². The van der Waals surface area contributed by atoms with Crippen molar-refractivity contribution in [3.05, 3.63) is 35.6 Å². The lowest BCUT2D eigenvalue weighted by molar-refractivity contribution is 0.141. The van der Waals surface area contributed by atoms with Crippen molar-refractivity contribution in [3.63, 3.8) is 0 Å². The van der Waals surface area contributed by atoms with Crippen LogP contribution in [-0.4, -0.2) is 56.8 Å². The lowest BCUT2D eigenvalue weighted by Crippen LogP contribution is -2.45. The molecule has 5 nitrogen and oxygen atoms in total. The van der Waals surface area contributed by atoms with E-state index in [9.17, 15) is 4.39 Å². The number of likely N-dealkylation sites (tertiary alicyclic amines) is 1. The molecule has 0 radical (unpaired) electrons. The van der Waals surface area contributed by atoms with Gasteiger partial charge < -0.3 is 15.4 Å². The number of nitrogens with zero attached hydrogens (tertiary/aromatic N) is 2. The smallest absolute Gasteiger partial charge is 0.191 e. The van der Waals surface area contributed by atoms with Crippen LogP contribution < -0.4 is 10.6 Å². The summed E-state index contributed by atoms with van der Waals surface area (Å²) in [5.74, 6) is 0.588. The van der Waals surface area contributed by atoms with E-state index < -0.39 is 0 Å². The molecule has 0 aromatic heterocycles. The summed E-state index contributed by atoms with van der Waals surface area (Å²) < 4.78 is 18.1. The zero-order valence-corrected chi connectivity index (χ0v) is 17.5. The summed E-state index contributed by atoms with van der Waals surface area (Å²) in [4.78, 5) is 7.06. The van der Waals surface area contributed by atoms with E-state index in [-0.39, 0.29) is 29.8 Å². The maximum absolute atomic E-state index is 13.0. The van der Waals surface area contributed by atoms with Gasteiger partial charge in [-0.1, -0.05) is 12.1 Å². The second kappa shape index (κ2) is 12.4. The van der Waals surface area contributed by atoms with Crippen molar-refractivity contribution in [1.82, 2.24) is 15.5 Å². The first-order valence-electron chi connectivity index (χ1n) is 8.72. The van der Waals surface area contributed by atoms with Gasteiger partial charge in [0.2, 0.25) is 0 Å². The van der Waals surface area contributed by atoms with Gasteiger partial charge in [-0.2, -0.15) is 0 Å². The lowest BCUT2D eigenvalue weighted by Gasteiger charge is -2.25. The van der Waals surface area contributed by atoms with Crippen LogP contribution in [0.5, 0.6) is 0 Å². The molecular formula is C18H30FIN4O. The highest BCUT2D eigenvalue weighted by atomic mass is 127. The van der Waals surface area contributed by atoms with Crippen LogP contribution >= 0.6 is 24.0 Å². The molecular weight excluding hydrogens is 434 g/mol. The van der Waals surface area contributed by atoms with Crippen LogP contribution in [0.4, 0.5) is 4.39 Å². The summed E-state index contributed by atoms with van der Waals surface area (Å²) in [6.45, 7) is 7.16. The Hall–Kier alpha value is -0.930. The fourth-order valence-corrected chi connectivity index (χ4v) is 2.95. The topological polar surface area (TPSA) is 48.9 Å². The van der Waals surface area contributed by atoms with E-state index >= 15 is 0 Å². The maximum Gasteiger partial charge on any atom is 0.191 e. The third kappa shape index (κ3) is 7.87. The zero-order valence-electron chi connectivity index (χ0n) is 15.1. The minimum atomic E-state index is -0.217. The number of guanidine groups is 1. The largest absolute Gasteiger partial charge is 0.383 e. The lowest BCUT2D eigenvalue weighted by atomic mass is 10.2. The summed E-state index contributed by atoms with van der Waals surface area (Å²) in [6.07, 6.45) is 2.44. The van der Waals surface area contributed by atoms with Gasteiger partial charge in [0.25, 0.3) is 0 Å². The molecule has 1 saturated heterocycles. The molecule has 2 rings (SSSR count). The molecule has 0 amide bonds. The number of ether oxygens (including phenoxy) is 1. The summed E-state index contributed by atoms with van der Waals surface area (Å²) in [6, 6.07) is 7.00. The Kier molecular flexibility index (Phi) is 11.0. The summed E-state index contributed by atoms with van der Waals surface area (Å²) in [7, 11) is 1.74. The Morgan fingerprint density at radius 3 is 2.76 bits per heavy atom. The van der Waals surface area contributed by atoms with E-state index in [1.807, 2.05) is 0 Å². The molecule has 1 aromatic rings. The monoisotopic (exact) mass is 464 g/mol. The molecule has 7 heteroatoms. The minimum Gasteiger partial charge on any atom is -0.383 e. The van der Waals surface area contributed by atoms with Crippen LogP contribution in [0.15, 0.2) is 29.3 Å². The van der Waals surface area contributed by atoms with Crippen LogP contribution in [0.2, 0.25) is 0 Å². The van der Waals surface area contributed by atoms with Gasteiger partial charge in [-0.25, -0.2) is 9.38 Å². The third-order valence-electron chi connectivity index (χ3n) is 4.26. The molecule has 1 fully saturated rings. The summed E-state index contributed by atoms with van der Waals surface area (Å²) >= 11 is 0. The molecule has 1 unspecified atom stereocenters. The first-order chi connectivity index (χ1) is 11.7. The van der Waals surface area contributed by atoms with E-state index in [1.54, 1.807) is 19.2 Å². The van der Waals surface area contributed by atoms with Crippen molar-refractivity contribution >= 4 is 29.9 Å². The molecule has 0 bridgehead atoms. The van der Waals surface area contributed by atoms with Crippen molar-refractivity contribution in [1.29, 1.82) is 0 Å². The van der Waals surface area contributed by atoms with Crippen LogP contribution in [0, 0.1) is 5.82 Å². The predicted molar refractivity (Wildman–Crippen MR) is 111 cm³/mol. The van der Waals surface area contributed by atoms with E-state index in [4.69, 9.17) is 4.74 Å². The highest BCUT2D eigenvalue weighted by molar-refractivity contribution is 14.0. The van der Waals surface area contributed by atoms with Crippen molar-refractivity contribution in [2.24, 2.45) is 4.99 Å². The fourth-order valence-electron chi connectivity index (χ4n) is 2.95. The fraction of sp³-hybridized carbons (Fsp3) is 0.611. The normalized spacial score (nSPS) is 18.0. The number of rotatable bonds is 8. The Morgan fingerprint density at radius 2 is 2.08 bits per heavy atom. The quantitative estimate of drug-likeness (QED) is 0.353. The molecule has 0 aliphatic carbocycles. The molecule has 1 aliphatic heterocycles. The van der Waals surface area contributed by atoms with Gasteiger partial charge in [-0.15, -0.1) is 24.0 Å². The number of nitrogens with one attached hydrogen (secondary N) is 2. The average molecular weight is 464 g/mol. The Balaban J connectivity index is 0.00000312. The average Bonchev–Trinajstić information content (AvgIpc) is 3.04. The summed E-state index contributed by atoms with van der Waals surface area (Å²) in [5.41, 5.74) is 0.996. The van der Waals surface area contributed by atoms with Crippen LogP contribution in [0.3, 0.4) is 0 Å². The molecule has 0 spiro atoms. The summed E-state index contributed by atoms with van der Waals surface area (Å²) in [5, 5.41) is 6.70. The van der Waals surface area contributed by atoms with Crippen LogP contribution in [0.1, 0.15) is 25.3 Å². The maximum atomic E-state index is 13.0. The number of benzene rings is 1. The van der Waals surface area contributed by atoms with Gasteiger partial charge in [0.05, 0.1) is 13.2 Å². The molecule has 2 N–H and O–H groups in total. The van der Waals surface area contributed by atoms with E-state index in [0.29, 0.717) is 12.6 Å². The van der Waals surface area contributed by atoms with Gasteiger partial charge in [-0.3, -0.25) is 4.90 Å². The molecule has 1 atom stereocenters. The highest BCUT2D eigenvalue weighted by Gasteiger charge is 2.23. The third-order valence-corrected chi connectivity index (χ3v) is 4.26. The van der Waals surface area contributed by atoms with Crippen molar-refractivity contribution < 1.29 is 9.13 Å². The number of aliphatic imine (C=N–C) groups is 1. The molecule has 1 aliphatic rings. The second-order valence-corrected chi connectivity index (χ2v) is 6.03. The minimum absolute atomic E-state index is 0. The van der Waals surface area contributed by atoms with Crippen LogP contribution in [0.25, 0.3) is 0 Å². The van der Waals surface area contributed by atoms with E-state index in [0.717, 1.165) is 44.3 Å². The standard InChI is InChI=1S/C18H29FN4O.HI/c1-3-20-18(21-13-15-6-8-16(19)9-7-15)22-14-17-5-4-10-23(17)11-12-24-2;/h6-9,17H,3-5,10-14H2,1-2H3,(H2,20,21,22);1H. The first kappa shape index (κ1) is 22.1. The Bertz CT molecular complexity index is 512. The zero-order chi connectivity index (χ0) is 17.2. The van der Waals surface area contributed by atoms with E-state index in [2.05, 4.69) is 27.4 Å². The molecule has 1 aromatic carbocycles. The van der Waals surface area contributed by atoms with Gasteiger partial charge in [-0.05, 0) is 44.0 Å². The number of methoxy groups -OCH3 is 1. The second-order valence-electron chi connectivity index (χ2n) is 6.03. The number of hydrogen-bond donors (Lipinski definition) is 2. The number of halogens is 2. The van der Waals surface area contributed by atoms with Gasteiger partial charge in [0.15, 0.2) is 5.96 Å². The van der Waals surface area contributed by atoms with Gasteiger partial charge in [0.1, 0.15) is 5.82 Å². The molecule has 1 heterocycles. The SMILES string of the molecule is CCNC(=NCc1ccc(F)cc1)NCC1CCCN1CCOC.I. The highest BCUT2D eigenvalue weighted by Crippen LogP contribution is 2.15. The van der Waals surface area contributed by atoms with Crippen LogP contribution in [-0.2, 0) is 11.3 Å². The number of hydrogen-bond acceptors (Lipinski definition) is 3. The first-order valence-corrected chi connectivity index (χ1v) is 8.72.